The molecule has 0 saturated carbocycles. The number of ether oxygens (including phenoxy) is 1. The molecule has 0 spiro atoms. The highest BCUT2D eigenvalue weighted by Gasteiger charge is 2.24. The Hall–Kier alpha value is -1.30. The average Bonchev–Trinajstić information content (AvgIpc) is 1.98. The van der Waals surface area contributed by atoms with Gasteiger partial charge < -0.3 is 20.9 Å². The number of rotatable bonds is 3. The number of nitrogens with one attached hydrogen (secondary N) is 1. The normalized spacial score (nSPS) is 15.3. The topological polar surface area (TPSA) is 102 Å². The van der Waals surface area contributed by atoms with Crippen molar-refractivity contribution in [2.75, 3.05) is 0 Å². The van der Waals surface area contributed by atoms with Crippen molar-refractivity contribution in [3.05, 3.63) is 0 Å². The Labute approximate surface area is 88.8 Å². The molecule has 2 atom stereocenters. The molecule has 4 N–H and O–H groups in total. The van der Waals surface area contributed by atoms with E-state index in [0.29, 0.717) is 0 Å². The van der Waals surface area contributed by atoms with Crippen LogP contribution in [0.4, 0.5) is 4.79 Å². The smallest absolute Gasteiger partial charge is 0.407 e. The number of amides is 2. The van der Waals surface area contributed by atoms with Gasteiger partial charge in [-0.1, -0.05) is 0 Å². The highest BCUT2D eigenvalue weighted by molar-refractivity contribution is 5.80. The number of primary amides is 1. The number of nitrogens with two attached hydrogens (primary N) is 1. The van der Waals surface area contributed by atoms with Crippen LogP contribution in [0.25, 0.3) is 0 Å². The van der Waals surface area contributed by atoms with Crippen LogP contribution in [-0.4, -0.2) is 34.9 Å². The molecule has 2 amide bonds. The molecule has 0 aromatic carbocycles. The van der Waals surface area contributed by atoms with Crippen LogP contribution in [-0.2, 0) is 9.53 Å². The quantitative estimate of drug-likeness (QED) is 0.607. The Morgan fingerprint density at radius 1 is 1.40 bits per heavy atom. The number of alkyl carbamates (subject to hydrolysis) is 1. The molecule has 6 nitrogen and oxygen atoms in total. The maximum atomic E-state index is 11.2. The minimum atomic E-state index is -1.42. The highest BCUT2D eigenvalue weighted by Crippen LogP contribution is 2.07. The number of carbonyl (C=O) groups excluding carboxylic acids is 2. The SMILES string of the molecule is CC(NC(=O)OC(C)(C)C)C(O)C(N)=O. The lowest BCUT2D eigenvalue weighted by Gasteiger charge is -2.23. The number of hydrogen-bond donors (Lipinski definition) is 3. The molecule has 0 fully saturated rings. The predicted octanol–water partition coefficient (Wildman–Crippen LogP) is -0.254. The standard InChI is InChI=1S/C9H18N2O4/c1-5(6(12)7(10)13)11-8(14)15-9(2,3)4/h5-6,12H,1-4H3,(H2,10,13)(H,11,14). The van der Waals surface area contributed by atoms with Crippen molar-refractivity contribution in [1.82, 2.24) is 5.32 Å². The fraction of sp³-hybridized carbons (Fsp3) is 0.778. The molecule has 0 bridgehead atoms. The van der Waals surface area contributed by atoms with E-state index in [-0.39, 0.29) is 0 Å². The van der Waals surface area contributed by atoms with E-state index in [1.807, 2.05) is 0 Å². The van der Waals surface area contributed by atoms with Crippen LogP contribution in [0.3, 0.4) is 0 Å². The Bertz CT molecular complexity index is 247. The number of carbonyl (C=O) groups is 2. The zero-order valence-corrected chi connectivity index (χ0v) is 9.40. The van der Waals surface area contributed by atoms with Gasteiger partial charge in [0.2, 0.25) is 5.91 Å². The van der Waals surface area contributed by atoms with E-state index in [1.54, 1.807) is 20.8 Å². The van der Waals surface area contributed by atoms with Crippen LogP contribution in [0.2, 0.25) is 0 Å². The monoisotopic (exact) mass is 218 g/mol. The maximum absolute atomic E-state index is 11.2. The summed E-state index contributed by atoms with van der Waals surface area (Å²) in [5, 5.41) is 11.5. The van der Waals surface area contributed by atoms with Crippen LogP contribution in [0.5, 0.6) is 0 Å². The van der Waals surface area contributed by atoms with E-state index in [0.717, 1.165) is 0 Å². The first-order chi connectivity index (χ1) is 6.63. The summed E-state index contributed by atoms with van der Waals surface area (Å²) < 4.78 is 4.92. The van der Waals surface area contributed by atoms with Crippen molar-refractivity contribution in [3.8, 4) is 0 Å². The zero-order chi connectivity index (χ0) is 12.2. The Kier molecular flexibility index (Phi) is 4.54. The van der Waals surface area contributed by atoms with Gasteiger partial charge in [0, 0.05) is 0 Å². The van der Waals surface area contributed by atoms with Crippen LogP contribution < -0.4 is 11.1 Å². The van der Waals surface area contributed by atoms with Gasteiger partial charge in [0.25, 0.3) is 0 Å². The van der Waals surface area contributed by atoms with Gasteiger partial charge in [-0.2, -0.15) is 0 Å². The van der Waals surface area contributed by atoms with E-state index < -0.39 is 29.7 Å². The van der Waals surface area contributed by atoms with E-state index in [4.69, 9.17) is 10.5 Å². The molecule has 0 aliphatic heterocycles. The Morgan fingerprint density at radius 2 is 1.87 bits per heavy atom. The molecule has 2 unspecified atom stereocenters. The molecule has 0 heterocycles. The lowest BCUT2D eigenvalue weighted by atomic mass is 10.2. The largest absolute Gasteiger partial charge is 0.444 e. The second kappa shape index (κ2) is 4.97. The minimum Gasteiger partial charge on any atom is -0.444 e. The molecule has 0 radical (unpaired) electrons. The number of hydrogen-bond acceptors (Lipinski definition) is 4. The van der Waals surface area contributed by atoms with E-state index in [2.05, 4.69) is 5.32 Å². The summed E-state index contributed by atoms with van der Waals surface area (Å²) in [6.45, 7) is 6.59. The van der Waals surface area contributed by atoms with Crippen molar-refractivity contribution < 1.29 is 19.4 Å². The van der Waals surface area contributed by atoms with E-state index in [9.17, 15) is 14.7 Å². The average molecular weight is 218 g/mol. The molecule has 15 heavy (non-hydrogen) atoms. The third-order valence-corrected chi connectivity index (χ3v) is 1.51. The minimum absolute atomic E-state index is 0.624. The molecule has 0 aliphatic carbocycles. The number of aliphatic hydroxyl groups is 1. The van der Waals surface area contributed by atoms with Gasteiger partial charge in [-0.25, -0.2) is 4.79 Å². The van der Waals surface area contributed by atoms with Crippen molar-refractivity contribution in [2.24, 2.45) is 5.73 Å². The van der Waals surface area contributed by atoms with Crippen molar-refractivity contribution in [3.63, 3.8) is 0 Å². The van der Waals surface area contributed by atoms with Gasteiger partial charge in [0.1, 0.15) is 5.60 Å². The lowest BCUT2D eigenvalue weighted by Crippen LogP contribution is -2.48. The van der Waals surface area contributed by atoms with Gasteiger partial charge in [0.05, 0.1) is 6.04 Å². The highest BCUT2D eigenvalue weighted by atomic mass is 16.6. The van der Waals surface area contributed by atoms with Crippen LogP contribution >= 0.6 is 0 Å². The molecular formula is C9H18N2O4. The summed E-state index contributed by atoms with van der Waals surface area (Å²) in [4.78, 5) is 21.8. The Balaban J connectivity index is 4.13. The van der Waals surface area contributed by atoms with Crippen molar-refractivity contribution in [1.29, 1.82) is 0 Å². The lowest BCUT2D eigenvalue weighted by molar-refractivity contribution is -0.127. The first-order valence-corrected chi connectivity index (χ1v) is 4.60. The summed E-state index contributed by atoms with van der Waals surface area (Å²) in [5.74, 6) is -0.890. The molecule has 0 rings (SSSR count). The van der Waals surface area contributed by atoms with Gasteiger partial charge >= 0.3 is 6.09 Å². The van der Waals surface area contributed by atoms with Crippen molar-refractivity contribution in [2.45, 2.75) is 45.4 Å². The molecule has 0 saturated heterocycles. The first-order valence-electron chi connectivity index (χ1n) is 4.60. The third kappa shape index (κ3) is 5.90. The number of aliphatic hydroxyl groups excluding tert-OH is 1. The second-order valence-electron chi connectivity index (χ2n) is 4.28. The molecule has 0 aliphatic rings. The fourth-order valence-electron chi connectivity index (χ4n) is 0.819. The van der Waals surface area contributed by atoms with Gasteiger partial charge in [-0.05, 0) is 27.7 Å². The molecular weight excluding hydrogens is 200 g/mol. The summed E-state index contributed by atoms with van der Waals surface area (Å²) >= 11 is 0. The van der Waals surface area contributed by atoms with E-state index in [1.165, 1.54) is 6.92 Å². The molecule has 0 aromatic rings. The molecule has 6 heteroatoms. The summed E-state index contributed by atoms with van der Waals surface area (Å²) in [7, 11) is 0. The maximum Gasteiger partial charge on any atom is 0.407 e. The van der Waals surface area contributed by atoms with Crippen LogP contribution in [0, 0.1) is 0 Å². The van der Waals surface area contributed by atoms with Gasteiger partial charge in [0.15, 0.2) is 6.10 Å². The Morgan fingerprint density at radius 3 is 2.20 bits per heavy atom. The summed E-state index contributed by atoms with van der Waals surface area (Å²) in [6, 6.07) is -0.780. The zero-order valence-electron chi connectivity index (χ0n) is 9.40. The van der Waals surface area contributed by atoms with Crippen LogP contribution in [0.15, 0.2) is 0 Å². The molecule has 0 aromatic heterocycles. The summed E-state index contributed by atoms with van der Waals surface area (Å²) in [6.07, 6.45) is -2.12. The predicted molar refractivity (Wildman–Crippen MR) is 54.0 cm³/mol. The van der Waals surface area contributed by atoms with Gasteiger partial charge in [-0.15, -0.1) is 0 Å². The molecule has 88 valence electrons. The summed E-state index contributed by atoms with van der Waals surface area (Å²) in [5.41, 5.74) is 4.24. The fourth-order valence-corrected chi connectivity index (χ4v) is 0.819. The third-order valence-electron chi connectivity index (χ3n) is 1.51. The van der Waals surface area contributed by atoms with Gasteiger partial charge in [-0.3, -0.25) is 4.79 Å². The second-order valence-corrected chi connectivity index (χ2v) is 4.28. The van der Waals surface area contributed by atoms with Crippen LogP contribution in [0.1, 0.15) is 27.7 Å². The first kappa shape index (κ1) is 13.7. The van der Waals surface area contributed by atoms with Crippen molar-refractivity contribution >= 4 is 12.0 Å². The van der Waals surface area contributed by atoms with E-state index >= 15 is 0 Å².